The topological polar surface area (TPSA) is 297 Å². The standard InChI is InChI=1S/C28H22N2O6.C21H19N3O2.C21H18N2O3/c1-17-2-4-18(5-3-17)26(31)34-23-14-24(35-27(32)19-6-10-21(29)11-7-19)16-25(15-23)36-28(33)20-8-12-22(30)13-9-20;1-14-5-2-6-15(11-14)20(25)23-18-9-4-10-19(13-18)24-21(26)16-7-3-8-17(22)12-16;1-14-5-2-6-15(11-14)20(24)23-18-9-4-10-19(13-18)26-21(25)16-7-3-8-17(22)12-16/h2-16H,29-30H2,1H3;2-13H,22H2,1H3,(H,23,25)(H,24,26);2-13H,22H2,1H3,(H,23,24). The third-order valence-electron chi connectivity index (χ3n) is 12.6. The van der Waals surface area contributed by atoms with Crippen LogP contribution in [0.1, 0.15) is 89.2 Å². The van der Waals surface area contributed by atoms with Crippen molar-refractivity contribution < 1.29 is 52.5 Å². The molecule has 0 aliphatic carbocycles. The number of benzene rings is 10. The fourth-order valence-electron chi connectivity index (χ4n) is 8.15. The van der Waals surface area contributed by atoms with E-state index < -0.39 is 23.9 Å². The summed E-state index contributed by atoms with van der Waals surface area (Å²) >= 11 is 0. The fraction of sp³-hybridized carbons (Fsp3) is 0.0429. The van der Waals surface area contributed by atoms with Gasteiger partial charge >= 0.3 is 23.9 Å². The number of anilines is 7. The Balaban J connectivity index is 0.000000175. The van der Waals surface area contributed by atoms with Gasteiger partial charge in [0.05, 0.1) is 22.3 Å². The highest BCUT2D eigenvalue weighted by Crippen LogP contribution is 2.31. The Hall–Kier alpha value is -12.3. The molecule has 0 radical (unpaired) electrons. The first-order valence-electron chi connectivity index (χ1n) is 27.1. The zero-order chi connectivity index (χ0) is 62.7. The van der Waals surface area contributed by atoms with E-state index in [9.17, 15) is 33.6 Å². The van der Waals surface area contributed by atoms with Gasteiger partial charge in [-0.1, -0.05) is 77.4 Å². The lowest BCUT2D eigenvalue weighted by atomic mass is 10.1. The smallest absolute Gasteiger partial charge is 0.343 e. The van der Waals surface area contributed by atoms with E-state index in [0.29, 0.717) is 73.4 Å². The molecule has 0 heterocycles. The lowest BCUT2D eigenvalue weighted by Crippen LogP contribution is -2.14. The van der Waals surface area contributed by atoms with Crippen LogP contribution in [-0.4, -0.2) is 41.6 Å². The molecule has 10 rings (SSSR count). The molecule has 0 aliphatic rings. The number of carbonyl (C=O) groups is 7. The number of esters is 4. The number of hydrogen-bond acceptors (Lipinski definition) is 15. The van der Waals surface area contributed by atoms with Gasteiger partial charge in [-0.2, -0.15) is 0 Å². The average molecular weight is 1170 g/mol. The second-order valence-corrected chi connectivity index (χ2v) is 19.8. The van der Waals surface area contributed by atoms with Crippen LogP contribution in [0.4, 0.5) is 39.8 Å². The Morgan fingerprint density at radius 1 is 0.261 bits per heavy atom. The van der Waals surface area contributed by atoms with Crippen LogP contribution in [0.25, 0.3) is 0 Å². The molecular formula is C70H59N7O11. The number of nitrogens with one attached hydrogen (secondary N) is 3. The van der Waals surface area contributed by atoms with Crippen LogP contribution in [0.15, 0.2) is 237 Å². The van der Waals surface area contributed by atoms with Gasteiger partial charge in [-0.15, -0.1) is 0 Å². The van der Waals surface area contributed by atoms with Crippen molar-refractivity contribution in [3.63, 3.8) is 0 Å². The van der Waals surface area contributed by atoms with Crippen LogP contribution in [0.3, 0.4) is 0 Å². The number of amides is 3. The van der Waals surface area contributed by atoms with E-state index in [1.165, 1.54) is 42.5 Å². The van der Waals surface area contributed by atoms with Crippen molar-refractivity contribution in [3.8, 4) is 23.0 Å². The molecule has 0 atom stereocenters. The minimum absolute atomic E-state index is 0.00568. The molecule has 0 bridgehead atoms. The van der Waals surface area contributed by atoms with Crippen LogP contribution in [-0.2, 0) is 0 Å². The number of aryl methyl sites for hydroxylation is 3. The molecule has 88 heavy (non-hydrogen) atoms. The third-order valence-corrected chi connectivity index (χ3v) is 12.6. The molecule has 0 spiro atoms. The van der Waals surface area contributed by atoms with Crippen molar-refractivity contribution in [2.24, 2.45) is 0 Å². The Labute approximate surface area is 506 Å². The zero-order valence-corrected chi connectivity index (χ0v) is 47.8. The van der Waals surface area contributed by atoms with Crippen molar-refractivity contribution >= 4 is 81.4 Å². The van der Waals surface area contributed by atoms with Gasteiger partial charge in [0.2, 0.25) is 0 Å². The molecule has 10 aromatic rings. The number of ether oxygens (including phenoxy) is 4. The first kappa shape index (κ1) is 61.8. The van der Waals surface area contributed by atoms with Crippen molar-refractivity contribution in [3.05, 3.63) is 292 Å². The van der Waals surface area contributed by atoms with Gasteiger partial charge in [-0.3, -0.25) is 14.4 Å². The van der Waals surface area contributed by atoms with E-state index in [4.69, 9.17) is 41.9 Å². The summed E-state index contributed by atoms with van der Waals surface area (Å²) in [6.07, 6.45) is 0. The van der Waals surface area contributed by atoms with Gasteiger partial charge < -0.3 is 57.8 Å². The highest BCUT2D eigenvalue weighted by Gasteiger charge is 2.18. The van der Waals surface area contributed by atoms with E-state index in [-0.39, 0.29) is 46.1 Å². The van der Waals surface area contributed by atoms with Gasteiger partial charge in [0, 0.05) is 80.8 Å². The summed E-state index contributed by atoms with van der Waals surface area (Å²) < 4.78 is 21.7. The third kappa shape index (κ3) is 18.3. The maximum absolute atomic E-state index is 12.6. The molecular weight excluding hydrogens is 1110 g/mol. The van der Waals surface area contributed by atoms with Gasteiger partial charge in [-0.25, -0.2) is 19.2 Å². The Morgan fingerprint density at radius 2 is 0.580 bits per heavy atom. The van der Waals surface area contributed by atoms with Crippen molar-refractivity contribution in [1.82, 2.24) is 0 Å². The van der Waals surface area contributed by atoms with Gasteiger partial charge in [0.15, 0.2) is 0 Å². The predicted octanol–water partition coefficient (Wildman–Crippen LogP) is 12.9. The molecule has 0 saturated carbocycles. The molecule has 0 aromatic heterocycles. The van der Waals surface area contributed by atoms with E-state index in [0.717, 1.165) is 16.7 Å². The maximum Gasteiger partial charge on any atom is 0.343 e. The van der Waals surface area contributed by atoms with Crippen molar-refractivity contribution in [2.45, 2.75) is 20.8 Å². The first-order valence-corrected chi connectivity index (χ1v) is 27.1. The first-order chi connectivity index (χ1) is 42.3. The van der Waals surface area contributed by atoms with Crippen LogP contribution >= 0.6 is 0 Å². The van der Waals surface area contributed by atoms with E-state index >= 15 is 0 Å². The summed E-state index contributed by atoms with van der Waals surface area (Å²) in [7, 11) is 0. The monoisotopic (exact) mass is 1170 g/mol. The highest BCUT2D eigenvalue weighted by atomic mass is 16.6. The Morgan fingerprint density at radius 3 is 0.989 bits per heavy atom. The summed E-state index contributed by atoms with van der Waals surface area (Å²) in [5.41, 5.74) is 32.3. The fourth-order valence-corrected chi connectivity index (χ4v) is 8.15. The lowest BCUT2D eigenvalue weighted by Gasteiger charge is -2.11. The summed E-state index contributed by atoms with van der Waals surface area (Å²) in [4.78, 5) is 87.0. The van der Waals surface area contributed by atoms with Gasteiger partial charge in [0.1, 0.15) is 23.0 Å². The second kappa shape index (κ2) is 29.3. The minimum Gasteiger partial charge on any atom is -0.423 e. The van der Waals surface area contributed by atoms with E-state index in [2.05, 4.69) is 16.0 Å². The summed E-state index contributed by atoms with van der Waals surface area (Å²) in [5.74, 6) is -2.83. The number of carbonyl (C=O) groups excluding carboxylic acids is 7. The van der Waals surface area contributed by atoms with E-state index in [1.54, 1.807) is 164 Å². The van der Waals surface area contributed by atoms with Gasteiger partial charge in [0.25, 0.3) is 17.7 Å². The maximum atomic E-state index is 12.6. The SMILES string of the molecule is Cc1ccc(C(=O)Oc2cc(OC(=O)c3ccc(N)cc3)cc(OC(=O)c3ccc(N)cc3)c2)cc1.Cc1cccc(C(=O)Nc2cccc(NC(=O)c3cccc(N)c3)c2)c1.Cc1cccc(C(=O)Nc2cccc(OC(=O)c3cccc(N)c3)c2)c1. The number of nitrogens with two attached hydrogens (primary N) is 4. The summed E-state index contributed by atoms with van der Waals surface area (Å²) in [6.45, 7) is 5.76. The molecule has 0 fully saturated rings. The van der Waals surface area contributed by atoms with Crippen molar-refractivity contribution in [1.29, 1.82) is 0 Å². The highest BCUT2D eigenvalue weighted by molar-refractivity contribution is 6.07. The number of rotatable bonds is 14. The quantitative estimate of drug-likeness (QED) is 0.0302. The zero-order valence-electron chi connectivity index (χ0n) is 47.8. The lowest BCUT2D eigenvalue weighted by molar-refractivity contribution is 0.0715. The summed E-state index contributed by atoms with van der Waals surface area (Å²) in [6, 6.07) is 64.8. The molecule has 0 saturated heterocycles. The predicted molar refractivity (Wildman–Crippen MR) is 340 cm³/mol. The molecule has 10 aromatic carbocycles. The Bertz CT molecular complexity index is 3700. The van der Waals surface area contributed by atoms with Gasteiger partial charge in [-0.05, 0) is 172 Å². The van der Waals surface area contributed by atoms with Crippen LogP contribution < -0.4 is 57.8 Å². The summed E-state index contributed by atoms with van der Waals surface area (Å²) in [5, 5.41) is 8.44. The molecule has 440 valence electrons. The van der Waals surface area contributed by atoms with Crippen LogP contribution in [0, 0.1) is 20.8 Å². The average Bonchev–Trinajstić information content (AvgIpc) is 3.66. The number of nitrogen functional groups attached to an aromatic ring is 4. The van der Waals surface area contributed by atoms with Crippen molar-refractivity contribution in [2.75, 3.05) is 38.9 Å². The molecule has 3 amide bonds. The second-order valence-electron chi connectivity index (χ2n) is 19.8. The molecule has 18 heteroatoms. The van der Waals surface area contributed by atoms with E-state index in [1.807, 2.05) is 51.1 Å². The Kier molecular flexibility index (Phi) is 20.5. The normalized spacial score (nSPS) is 10.3. The molecule has 0 unspecified atom stereocenters. The largest absolute Gasteiger partial charge is 0.423 e. The number of hydrogen-bond donors (Lipinski definition) is 7. The van der Waals surface area contributed by atoms with Crippen LogP contribution in [0.5, 0.6) is 23.0 Å². The molecule has 0 aliphatic heterocycles. The molecule has 11 N–H and O–H groups in total. The molecule has 18 nitrogen and oxygen atoms in total. The minimum atomic E-state index is -0.673. The van der Waals surface area contributed by atoms with Crippen LogP contribution in [0.2, 0.25) is 0 Å².